The molecule has 0 spiro atoms. The number of nitrogens with one attached hydrogen (secondary N) is 1. The van der Waals surface area contributed by atoms with E-state index in [9.17, 15) is 0 Å². The molecule has 7 heteroatoms. The Labute approximate surface area is 124 Å². The number of fused-ring (bicyclic) bond motifs is 2. The average molecular weight is 304 g/mol. The predicted molar refractivity (Wildman–Crippen MR) is 79.5 cm³/mol. The van der Waals surface area contributed by atoms with E-state index in [1.807, 2.05) is 35.9 Å². The zero-order chi connectivity index (χ0) is 13.7. The van der Waals surface area contributed by atoms with Gasteiger partial charge in [-0.05, 0) is 19.1 Å². The number of nitrogens with zero attached hydrogens (tertiary/aromatic N) is 4. The minimum Gasteiger partial charge on any atom is -0.304 e. The molecule has 5 nitrogen and oxygen atoms in total. The van der Waals surface area contributed by atoms with Crippen LogP contribution in [0.3, 0.4) is 0 Å². The normalized spacial score (nSPS) is 17.2. The van der Waals surface area contributed by atoms with Gasteiger partial charge in [-0.3, -0.25) is 0 Å². The van der Waals surface area contributed by atoms with Crippen molar-refractivity contribution in [2.75, 3.05) is 5.43 Å². The topological polar surface area (TPSA) is 55.6 Å². The molecule has 3 aromatic rings. The van der Waals surface area contributed by atoms with Crippen LogP contribution in [0.25, 0.3) is 10.9 Å². The standard InChI is InChI=1S/C13H10ClN5S/c1-7-16-17-13-19(7)18-12(20-13)9-6-8-4-2-3-5-10(8)15-11(9)14/h2-6,12,18H,1H3. The zero-order valence-corrected chi connectivity index (χ0v) is 12.1. The Bertz CT molecular complexity index is 816. The highest BCUT2D eigenvalue weighted by Gasteiger charge is 2.28. The Balaban J connectivity index is 1.78. The van der Waals surface area contributed by atoms with Crippen molar-refractivity contribution in [3.05, 3.63) is 46.9 Å². The number of benzene rings is 1. The van der Waals surface area contributed by atoms with E-state index < -0.39 is 0 Å². The first-order valence-electron chi connectivity index (χ1n) is 6.13. The fourth-order valence-corrected chi connectivity index (χ4v) is 3.62. The summed E-state index contributed by atoms with van der Waals surface area (Å²) in [6, 6.07) is 10.0. The summed E-state index contributed by atoms with van der Waals surface area (Å²) in [6.07, 6.45) is 0. The lowest BCUT2D eigenvalue weighted by atomic mass is 10.1. The minimum absolute atomic E-state index is 0.00352. The molecule has 0 radical (unpaired) electrons. The summed E-state index contributed by atoms with van der Waals surface area (Å²) in [4.78, 5) is 4.46. The molecule has 1 atom stereocenters. The summed E-state index contributed by atoms with van der Waals surface area (Å²) in [7, 11) is 0. The van der Waals surface area contributed by atoms with Gasteiger partial charge >= 0.3 is 0 Å². The molecule has 0 aliphatic carbocycles. The van der Waals surface area contributed by atoms with E-state index in [0.717, 1.165) is 27.4 Å². The molecule has 0 saturated carbocycles. The fraction of sp³-hybridized carbons (Fsp3) is 0.154. The summed E-state index contributed by atoms with van der Waals surface area (Å²) in [5.74, 6) is 0.833. The van der Waals surface area contributed by atoms with E-state index in [1.54, 1.807) is 11.8 Å². The van der Waals surface area contributed by atoms with Crippen LogP contribution in [0.15, 0.2) is 35.5 Å². The maximum atomic E-state index is 6.32. The third kappa shape index (κ3) is 1.76. The van der Waals surface area contributed by atoms with Crippen molar-refractivity contribution in [3.63, 3.8) is 0 Å². The summed E-state index contributed by atoms with van der Waals surface area (Å²) < 4.78 is 1.88. The number of aryl methyl sites for hydroxylation is 1. The van der Waals surface area contributed by atoms with Crippen LogP contribution in [0.2, 0.25) is 5.15 Å². The number of aromatic nitrogens is 4. The molecule has 0 fully saturated rings. The summed E-state index contributed by atoms with van der Waals surface area (Å²) in [6.45, 7) is 1.91. The molecule has 0 bridgehead atoms. The van der Waals surface area contributed by atoms with Gasteiger partial charge in [-0.2, -0.15) is 0 Å². The second-order valence-electron chi connectivity index (χ2n) is 4.55. The van der Waals surface area contributed by atoms with Crippen molar-refractivity contribution < 1.29 is 0 Å². The van der Waals surface area contributed by atoms with E-state index in [2.05, 4.69) is 26.7 Å². The van der Waals surface area contributed by atoms with Crippen LogP contribution in [0.1, 0.15) is 16.8 Å². The minimum atomic E-state index is 0.00352. The zero-order valence-electron chi connectivity index (χ0n) is 10.5. The first kappa shape index (κ1) is 12.0. The quantitative estimate of drug-likeness (QED) is 0.700. The lowest BCUT2D eigenvalue weighted by molar-refractivity contribution is 0.762. The predicted octanol–water partition coefficient (Wildman–Crippen LogP) is 3.14. The molecular formula is C13H10ClN5S. The highest BCUT2D eigenvalue weighted by atomic mass is 35.5. The average Bonchev–Trinajstić information content (AvgIpc) is 3.01. The molecule has 1 unspecified atom stereocenters. The number of thioether (sulfide) groups is 1. The molecule has 100 valence electrons. The van der Waals surface area contributed by atoms with Crippen molar-refractivity contribution in [2.45, 2.75) is 17.5 Å². The van der Waals surface area contributed by atoms with Crippen molar-refractivity contribution in [1.29, 1.82) is 0 Å². The van der Waals surface area contributed by atoms with Gasteiger partial charge in [0.05, 0.1) is 5.52 Å². The maximum absolute atomic E-state index is 6.32. The van der Waals surface area contributed by atoms with Crippen LogP contribution in [-0.4, -0.2) is 19.9 Å². The molecule has 1 aromatic carbocycles. The van der Waals surface area contributed by atoms with E-state index >= 15 is 0 Å². The molecule has 20 heavy (non-hydrogen) atoms. The number of rotatable bonds is 1. The summed E-state index contributed by atoms with van der Waals surface area (Å²) in [5.41, 5.74) is 5.20. The van der Waals surface area contributed by atoms with E-state index in [0.29, 0.717) is 5.15 Å². The molecular weight excluding hydrogens is 294 g/mol. The smallest absolute Gasteiger partial charge is 0.212 e. The molecule has 0 saturated heterocycles. The lowest BCUT2D eigenvalue weighted by Crippen LogP contribution is -2.14. The molecule has 0 amide bonds. The Morgan fingerprint density at radius 3 is 3.00 bits per heavy atom. The first-order valence-corrected chi connectivity index (χ1v) is 7.38. The van der Waals surface area contributed by atoms with E-state index in [1.165, 1.54) is 0 Å². The largest absolute Gasteiger partial charge is 0.304 e. The number of hydrogen-bond donors (Lipinski definition) is 1. The van der Waals surface area contributed by atoms with Gasteiger partial charge in [-0.15, -0.1) is 10.2 Å². The number of halogens is 1. The van der Waals surface area contributed by atoms with Crippen LogP contribution in [0.5, 0.6) is 0 Å². The van der Waals surface area contributed by atoms with Gasteiger partial charge in [0.1, 0.15) is 16.4 Å². The van der Waals surface area contributed by atoms with Crippen LogP contribution in [0.4, 0.5) is 0 Å². The molecule has 3 heterocycles. The van der Waals surface area contributed by atoms with Crippen LogP contribution < -0.4 is 5.43 Å². The van der Waals surface area contributed by atoms with E-state index in [4.69, 9.17) is 11.6 Å². The van der Waals surface area contributed by atoms with Crippen LogP contribution >= 0.6 is 23.4 Å². The van der Waals surface area contributed by atoms with Gasteiger partial charge in [0.2, 0.25) is 5.16 Å². The number of hydrogen-bond acceptors (Lipinski definition) is 5. The number of para-hydroxylation sites is 1. The SMILES string of the molecule is Cc1nnc2n1NC(c1cc3ccccc3nc1Cl)S2. The summed E-state index contributed by atoms with van der Waals surface area (Å²) >= 11 is 7.91. The second-order valence-corrected chi connectivity index (χ2v) is 5.98. The Kier molecular flexibility index (Phi) is 2.61. The van der Waals surface area contributed by atoms with Gasteiger partial charge in [-0.25, -0.2) is 9.66 Å². The van der Waals surface area contributed by atoms with Gasteiger partial charge in [0.25, 0.3) is 0 Å². The molecule has 4 rings (SSSR count). The molecule has 2 aromatic heterocycles. The van der Waals surface area contributed by atoms with Crippen LogP contribution in [0, 0.1) is 6.92 Å². The van der Waals surface area contributed by atoms with Crippen molar-refractivity contribution in [2.24, 2.45) is 0 Å². The third-order valence-electron chi connectivity index (χ3n) is 3.25. The number of pyridine rings is 1. The van der Waals surface area contributed by atoms with E-state index in [-0.39, 0.29) is 5.37 Å². The Morgan fingerprint density at radius 2 is 2.15 bits per heavy atom. The molecule has 1 aliphatic heterocycles. The van der Waals surface area contributed by atoms with Gasteiger partial charge in [-0.1, -0.05) is 41.6 Å². The molecule has 1 aliphatic rings. The van der Waals surface area contributed by atoms with Crippen molar-refractivity contribution in [1.82, 2.24) is 19.9 Å². The summed E-state index contributed by atoms with van der Waals surface area (Å²) in [5, 5.41) is 10.6. The monoisotopic (exact) mass is 303 g/mol. The van der Waals surface area contributed by atoms with Crippen LogP contribution in [-0.2, 0) is 0 Å². The lowest BCUT2D eigenvalue weighted by Gasteiger charge is -2.13. The van der Waals surface area contributed by atoms with Crippen molar-refractivity contribution >= 4 is 34.3 Å². The molecule has 1 N–H and O–H groups in total. The van der Waals surface area contributed by atoms with Crippen molar-refractivity contribution in [3.8, 4) is 0 Å². The van der Waals surface area contributed by atoms with Gasteiger partial charge < -0.3 is 5.43 Å². The Hall–Kier alpha value is -1.79. The highest BCUT2D eigenvalue weighted by Crippen LogP contribution is 2.41. The highest BCUT2D eigenvalue weighted by molar-refractivity contribution is 7.99. The van der Waals surface area contributed by atoms with Gasteiger partial charge in [0, 0.05) is 10.9 Å². The third-order valence-corrected chi connectivity index (χ3v) is 4.62. The maximum Gasteiger partial charge on any atom is 0.212 e. The fourth-order valence-electron chi connectivity index (χ4n) is 2.24. The Morgan fingerprint density at radius 1 is 1.30 bits per heavy atom. The second kappa shape index (κ2) is 4.36. The first-order chi connectivity index (χ1) is 9.72. The van der Waals surface area contributed by atoms with Gasteiger partial charge in [0.15, 0.2) is 0 Å².